The smallest absolute Gasteiger partial charge is 0.273 e. The van der Waals surface area contributed by atoms with Crippen LogP contribution in [0.3, 0.4) is 0 Å². The highest BCUT2D eigenvalue weighted by Crippen LogP contribution is 2.05. The summed E-state index contributed by atoms with van der Waals surface area (Å²) in [4.78, 5) is 34.0. The molecule has 0 aliphatic carbocycles. The topological polar surface area (TPSA) is 80.6 Å². The summed E-state index contributed by atoms with van der Waals surface area (Å²) in [5.41, 5.74) is 0.347. The fourth-order valence-electron chi connectivity index (χ4n) is 1.94. The third-order valence-corrected chi connectivity index (χ3v) is 2.82. The average molecular weight is 254 g/mol. The van der Waals surface area contributed by atoms with E-state index in [1.807, 2.05) is 6.07 Å². The zero-order valence-corrected chi connectivity index (χ0v) is 9.91. The quantitative estimate of drug-likeness (QED) is 0.723. The van der Waals surface area contributed by atoms with Crippen LogP contribution < -0.4 is 11.2 Å². The van der Waals surface area contributed by atoms with Crippen LogP contribution in [-0.4, -0.2) is 19.5 Å². The number of hydrogen-bond acceptors (Lipinski definition) is 4. The normalized spacial score (nSPS) is 10.7. The Morgan fingerprint density at radius 3 is 2.79 bits per heavy atom. The highest BCUT2D eigenvalue weighted by atomic mass is 16.2. The summed E-state index contributed by atoms with van der Waals surface area (Å²) in [5.74, 6) is 0. The molecular formula is C13H10N4O2. The SMILES string of the molecule is O=c1[nH]c(=O)n(Cc2cccnc2)c2ncccc12. The molecule has 0 amide bonds. The minimum atomic E-state index is -0.472. The van der Waals surface area contributed by atoms with Gasteiger partial charge in [-0.25, -0.2) is 9.78 Å². The fourth-order valence-corrected chi connectivity index (χ4v) is 1.94. The van der Waals surface area contributed by atoms with Crippen molar-refractivity contribution in [3.8, 4) is 0 Å². The van der Waals surface area contributed by atoms with Crippen molar-refractivity contribution < 1.29 is 0 Å². The lowest BCUT2D eigenvalue weighted by molar-refractivity contribution is 0.743. The summed E-state index contributed by atoms with van der Waals surface area (Å²) in [7, 11) is 0. The van der Waals surface area contributed by atoms with E-state index in [-0.39, 0.29) is 0 Å². The summed E-state index contributed by atoms with van der Waals surface area (Å²) in [5, 5.41) is 0.394. The lowest BCUT2D eigenvalue weighted by Crippen LogP contribution is -2.31. The van der Waals surface area contributed by atoms with E-state index in [1.54, 1.807) is 36.8 Å². The van der Waals surface area contributed by atoms with Gasteiger partial charge in [0.2, 0.25) is 0 Å². The molecular weight excluding hydrogens is 244 g/mol. The maximum absolute atomic E-state index is 11.9. The Balaban J connectivity index is 2.24. The first-order chi connectivity index (χ1) is 9.25. The molecule has 6 nitrogen and oxygen atoms in total. The third-order valence-electron chi connectivity index (χ3n) is 2.82. The predicted molar refractivity (Wildman–Crippen MR) is 70.0 cm³/mol. The molecule has 0 aliphatic rings. The van der Waals surface area contributed by atoms with Crippen LogP contribution in [0.5, 0.6) is 0 Å². The van der Waals surface area contributed by atoms with E-state index >= 15 is 0 Å². The first kappa shape index (κ1) is 11.3. The first-order valence-corrected chi connectivity index (χ1v) is 5.72. The van der Waals surface area contributed by atoms with E-state index in [2.05, 4.69) is 15.0 Å². The Labute approximate surface area is 107 Å². The number of H-pyrrole nitrogens is 1. The van der Waals surface area contributed by atoms with Gasteiger partial charge in [0.1, 0.15) is 5.65 Å². The molecule has 0 atom stereocenters. The maximum Gasteiger partial charge on any atom is 0.330 e. The molecule has 3 aromatic rings. The third kappa shape index (κ3) is 2.03. The van der Waals surface area contributed by atoms with Crippen LogP contribution in [0, 0.1) is 0 Å². The number of hydrogen-bond donors (Lipinski definition) is 1. The van der Waals surface area contributed by atoms with E-state index in [4.69, 9.17) is 0 Å². The van der Waals surface area contributed by atoms with Crippen molar-refractivity contribution in [2.75, 3.05) is 0 Å². The van der Waals surface area contributed by atoms with Crippen LogP contribution in [0.2, 0.25) is 0 Å². The minimum absolute atomic E-state index is 0.316. The second kappa shape index (κ2) is 4.49. The van der Waals surface area contributed by atoms with Gasteiger partial charge in [0.25, 0.3) is 5.56 Å². The number of aromatic nitrogens is 4. The van der Waals surface area contributed by atoms with Gasteiger partial charge in [0, 0.05) is 18.6 Å². The minimum Gasteiger partial charge on any atom is -0.273 e. The van der Waals surface area contributed by atoms with Crippen LogP contribution >= 0.6 is 0 Å². The molecule has 0 aromatic carbocycles. The summed E-state index contributed by atoms with van der Waals surface area (Å²) >= 11 is 0. The second-order valence-corrected chi connectivity index (χ2v) is 4.08. The predicted octanol–water partition coefficient (Wildman–Crippen LogP) is 0.528. The molecule has 3 aromatic heterocycles. The average Bonchev–Trinajstić information content (AvgIpc) is 2.45. The number of nitrogens with one attached hydrogen (secondary N) is 1. The van der Waals surface area contributed by atoms with Gasteiger partial charge in [0.05, 0.1) is 11.9 Å². The largest absolute Gasteiger partial charge is 0.330 e. The molecule has 0 bridgehead atoms. The van der Waals surface area contributed by atoms with Crippen molar-refractivity contribution in [2.45, 2.75) is 6.54 Å². The molecule has 3 heterocycles. The van der Waals surface area contributed by atoms with Crippen LogP contribution in [0.1, 0.15) is 5.56 Å². The lowest BCUT2D eigenvalue weighted by Gasteiger charge is -2.07. The first-order valence-electron chi connectivity index (χ1n) is 5.72. The van der Waals surface area contributed by atoms with E-state index in [0.717, 1.165) is 5.56 Å². The van der Waals surface area contributed by atoms with E-state index < -0.39 is 11.2 Å². The zero-order chi connectivity index (χ0) is 13.2. The van der Waals surface area contributed by atoms with Crippen molar-refractivity contribution in [2.24, 2.45) is 0 Å². The zero-order valence-electron chi connectivity index (χ0n) is 9.91. The summed E-state index contributed by atoms with van der Waals surface area (Å²) in [6.45, 7) is 0.316. The van der Waals surface area contributed by atoms with E-state index in [9.17, 15) is 9.59 Å². The van der Waals surface area contributed by atoms with E-state index in [1.165, 1.54) is 4.57 Å². The lowest BCUT2D eigenvalue weighted by atomic mass is 10.2. The molecule has 0 unspecified atom stereocenters. The maximum atomic E-state index is 11.9. The molecule has 0 radical (unpaired) electrons. The Morgan fingerprint density at radius 2 is 2.00 bits per heavy atom. The van der Waals surface area contributed by atoms with Gasteiger partial charge in [-0.05, 0) is 23.8 Å². The summed E-state index contributed by atoms with van der Waals surface area (Å²) < 4.78 is 1.42. The molecule has 1 N–H and O–H groups in total. The van der Waals surface area contributed by atoms with Crippen molar-refractivity contribution >= 4 is 11.0 Å². The highest BCUT2D eigenvalue weighted by Gasteiger charge is 2.08. The van der Waals surface area contributed by atoms with Crippen LogP contribution in [0.4, 0.5) is 0 Å². The monoisotopic (exact) mass is 254 g/mol. The Bertz CT molecular complexity index is 836. The van der Waals surface area contributed by atoms with Gasteiger partial charge in [-0.1, -0.05) is 6.07 Å². The Hall–Kier alpha value is -2.76. The van der Waals surface area contributed by atoms with E-state index in [0.29, 0.717) is 17.6 Å². The highest BCUT2D eigenvalue weighted by molar-refractivity contribution is 5.73. The van der Waals surface area contributed by atoms with Gasteiger partial charge in [-0.3, -0.25) is 19.3 Å². The van der Waals surface area contributed by atoms with Gasteiger partial charge < -0.3 is 0 Å². The molecule has 0 saturated carbocycles. The van der Waals surface area contributed by atoms with Gasteiger partial charge in [-0.2, -0.15) is 0 Å². The molecule has 0 spiro atoms. The number of pyridine rings is 2. The molecule has 0 saturated heterocycles. The van der Waals surface area contributed by atoms with Crippen LogP contribution in [0.25, 0.3) is 11.0 Å². The number of rotatable bonds is 2. The summed E-state index contributed by atoms with van der Waals surface area (Å²) in [6.07, 6.45) is 4.89. The Kier molecular flexibility index (Phi) is 2.68. The van der Waals surface area contributed by atoms with Gasteiger partial charge in [0.15, 0.2) is 0 Å². The number of fused-ring (bicyclic) bond motifs is 1. The Morgan fingerprint density at radius 1 is 1.16 bits per heavy atom. The number of nitrogens with zero attached hydrogens (tertiary/aromatic N) is 3. The molecule has 94 valence electrons. The molecule has 0 aliphatic heterocycles. The second-order valence-electron chi connectivity index (χ2n) is 4.08. The number of aromatic amines is 1. The fraction of sp³-hybridized carbons (Fsp3) is 0.0769. The van der Waals surface area contributed by atoms with Crippen molar-refractivity contribution in [1.29, 1.82) is 0 Å². The molecule has 0 fully saturated rings. The van der Waals surface area contributed by atoms with Crippen molar-refractivity contribution in [3.05, 3.63) is 69.3 Å². The van der Waals surface area contributed by atoms with Gasteiger partial charge >= 0.3 is 5.69 Å². The molecule has 6 heteroatoms. The summed E-state index contributed by atoms with van der Waals surface area (Å²) in [6, 6.07) is 6.96. The van der Waals surface area contributed by atoms with Crippen molar-refractivity contribution in [3.63, 3.8) is 0 Å². The standard InChI is InChI=1S/C13H10N4O2/c18-12-10-4-2-6-15-11(10)17(13(19)16-12)8-9-3-1-5-14-7-9/h1-7H,8H2,(H,16,18,19). The van der Waals surface area contributed by atoms with Crippen LogP contribution in [-0.2, 0) is 6.54 Å². The molecule has 3 rings (SSSR count). The van der Waals surface area contributed by atoms with Crippen LogP contribution in [0.15, 0.2) is 52.4 Å². The molecule has 19 heavy (non-hydrogen) atoms. The van der Waals surface area contributed by atoms with Gasteiger partial charge in [-0.15, -0.1) is 0 Å². The van der Waals surface area contributed by atoms with Crippen molar-refractivity contribution in [1.82, 2.24) is 19.5 Å².